The van der Waals surface area contributed by atoms with Crippen LogP contribution in [0.2, 0.25) is 0 Å². The number of carbonyl (C=O) groups is 3. The maximum absolute atomic E-state index is 13.3. The third-order valence-electron chi connectivity index (χ3n) is 6.06. The molecule has 0 atom stereocenters. The number of nitrogens with zero attached hydrogens (tertiary/aromatic N) is 3. The molecule has 0 bridgehead atoms. The van der Waals surface area contributed by atoms with Crippen molar-refractivity contribution in [3.63, 3.8) is 0 Å². The van der Waals surface area contributed by atoms with Gasteiger partial charge in [0.1, 0.15) is 11.6 Å². The van der Waals surface area contributed by atoms with Gasteiger partial charge >= 0.3 is 5.69 Å². The number of nitrogens with two attached hydrogens (primary N) is 1. The summed E-state index contributed by atoms with van der Waals surface area (Å²) in [6, 6.07) is 9.85. The molecular formula is C25H27N5O6. The van der Waals surface area contributed by atoms with Crippen LogP contribution in [0.5, 0.6) is 0 Å². The summed E-state index contributed by atoms with van der Waals surface area (Å²) < 4.78 is 6.61. The SMILES string of the molecule is CCCCn1c(N)c(N(Cc2ccco2)C(=O)CCCN2C(=O)c3ccccc3C2=O)c(=O)[nH]c1=O. The van der Waals surface area contributed by atoms with Gasteiger partial charge in [-0.3, -0.25) is 38.5 Å². The number of nitrogen functional groups attached to an aromatic ring is 1. The number of carbonyl (C=O) groups excluding carboxylic acids is 3. The number of nitrogens with one attached hydrogen (secondary N) is 1. The zero-order valence-corrected chi connectivity index (χ0v) is 19.9. The number of hydrogen-bond acceptors (Lipinski definition) is 7. The molecule has 188 valence electrons. The first-order chi connectivity index (χ1) is 17.3. The van der Waals surface area contributed by atoms with Crippen molar-refractivity contribution in [3.05, 3.63) is 80.4 Å². The van der Waals surface area contributed by atoms with Crippen molar-refractivity contribution in [2.45, 2.75) is 45.7 Å². The number of fused-ring (bicyclic) bond motifs is 1. The number of unbranched alkanes of at least 4 members (excludes halogenated alkanes) is 1. The number of hydrogen-bond donors (Lipinski definition) is 2. The number of furan rings is 1. The highest BCUT2D eigenvalue weighted by Crippen LogP contribution is 2.24. The number of anilines is 2. The lowest BCUT2D eigenvalue weighted by atomic mass is 10.1. The minimum absolute atomic E-state index is 0.0362. The third-order valence-corrected chi connectivity index (χ3v) is 6.06. The van der Waals surface area contributed by atoms with E-state index in [0.29, 0.717) is 23.3 Å². The van der Waals surface area contributed by atoms with Crippen LogP contribution in [-0.2, 0) is 17.9 Å². The highest BCUT2D eigenvalue weighted by Gasteiger charge is 2.35. The van der Waals surface area contributed by atoms with Crippen molar-refractivity contribution in [1.29, 1.82) is 0 Å². The van der Waals surface area contributed by atoms with Crippen LogP contribution in [0.3, 0.4) is 0 Å². The van der Waals surface area contributed by atoms with E-state index in [0.717, 1.165) is 11.3 Å². The summed E-state index contributed by atoms with van der Waals surface area (Å²) in [4.78, 5) is 68.2. The van der Waals surface area contributed by atoms with Gasteiger partial charge in [-0.2, -0.15) is 0 Å². The average Bonchev–Trinajstić information content (AvgIpc) is 3.45. The molecule has 11 heteroatoms. The summed E-state index contributed by atoms with van der Waals surface area (Å²) in [5.41, 5.74) is 5.32. The number of H-pyrrole nitrogens is 1. The van der Waals surface area contributed by atoms with E-state index in [2.05, 4.69) is 4.98 Å². The first kappa shape index (κ1) is 24.7. The van der Waals surface area contributed by atoms with E-state index in [1.807, 2.05) is 6.92 Å². The molecule has 0 fully saturated rings. The Balaban J connectivity index is 1.56. The maximum Gasteiger partial charge on any atom is 0.330 e. The van der Waals surface area contributed by atoms with Crippen molar-refractivity contribution in [2.24, 2.45) is 0 Å². The number of aromatic amines is 1. The molecule has 3 amide bonds. The van der Waals surface area contributed by atoms with Crippen LogP contribution in [0.15, 0.2) is 56.7 Å². The molecule has 36 heavy (non-hydrogen) atoms. The predicted octanol–water partition coefficient (Wildman–Crippen LogP) is 2.12. The molecule has 1 aliphatic rings. The van der Waals surface area contributed by atoms with Gasteiger partial charge in [-0.05, 0) is 37.1 Å². The van der Waals surface area contributed by atoms with E-state index in [-0.39, 0.29) is 44.0 Å². The van der Waals surface area contributed by atoms with Crippen molar-refractivity contribution < 1.29 is 18.8 Å². The minimum Gasteiger partial charge on any atom is -0.467 e. The largest absolute Gasteiger partial charge is 0.467 e. The maximum atomic E-state index is 13.3. The minimum atomic E-state index is -0.787. The first-order valence-corrected chi connectivity index (χ1v) is 11.7. The molecule has 0 saturated heterocycles. The Bertz CT molecular complexity index is 1370. The van der Waals surface area contributed by atoms with Crippen LogP contribution >= 0.6 is 0 Å². The number of imide groups is 1. The fourth-order valence-electron chi connectivity index (χ4n) is 4.19. The highest BCUT2D eigenvalue weighted by atomic mass is 16.3. The molecule has 0 saturated carbocycles. The van der Waals surface area contributed by atoms with Crippen LogP contribution in [0.4, 0.5) is 11.5 Å². The van der Waals surface area contributed by atoms with Crippen LogP contribution < -0.4 is 21.9 Å². The van der Waals surface area contributed by atoms with Crippen LogP contribution in [-0.4, -0.2) is 38.7 Å². The highest BCUT2D eigenvalue weighted by molar-refractivity contribution is 6.21. The van der Waals surface area contributed by atoms with Gasteiger partial charge in [0, 0.05) is 19.5 Å². The van der Waals surface area contributed by atoms with Crippen molar-refractivity contribution in [1.82, 2.24) is 14.5 Å². The predicted molar refractivity (Wildman–Crippen MR) is 132 cm³/mol. The summed E-state index contributed by atoms with van der Waals surface area (Å²) in [7, 11) is 0. The monoisotopic (exact) mass is 493 g/mol. The second-order valence-corrected chi connectivity index (χ2v) is 8.47. The number of benzene rings is 1. The van der Waals surface area contributed by atoms with Gasteiger partial charge in [0.15, 0.2) is 5.69 Å². The molecule has 1 aliphatic heterocycles. The third kappa shape index (κ3) is 4.72. The summed E-state index contributed by atoms with van der Waals surface area (Å²) in [6.07, 6.45) is 2.98. The van der Waals surface area contributed by atoms with Crippen molar-refractivity contribution >= 4 is 29.2 Å². The van der Waals surface area contributed by atoms with Gasteiger partial charge in [-0.25, -0.2) is 4.79 Å². The van der Waals surface area contributed by atoms with Gasteiger partial charge in [-0.15, -0.1) is 0 Å². The summed E-state index contributed by atoms with van der Waals surface area (Å²) >= 11 is 0. The molecule has 2 aromatic heterocycles. The zero-order valence-electron chi connectivity index (χ0n) is 19.9. The van der Waals surface area contributed by atoms with Crippen LogP contribution in [0.25, 0.3) is 0 Å². The molecule has 4 rings (SSSR count). The summed E-state index contributed by atoms with van der Waals surface area (Å²) in [5.74, 6) is -0.981. The number of rotatable bonds is 10. The van der Waals surface area contributed by atoms with E-state index in [4.69, 9.17) is 10.2 Å². The standard InChI is InChI=1S/C25H27N5O6/c1-2-3-12-28-21(26)20(22(32)27-25(28)35)30(15-16-8-7-14-36-16)19(31)11-6-13-29-23(33)17-9-4-5-10-18(17)24(29)34/h4-5,7-10,14H,2-3,6,11-13,15,26H2,1H3,(H,27,32,35). The molecule has 1 aromatic carbocycles. The second kappa shape index (κ2) is 10.5. The molecule has 0 spiro atoms. The smallest absolute Gasteiger partial charge is 0.330 e. The van der Waals surface area contributed by atoms with Gasteiger partial charge in [0.05, 0.1) is 23.9 Å². The molecule has 0 radical (unpaired) electrons. The lowest BCUT2D eigenvalue weighted by molar-refractivity contribution is -0.119. The molecule has 0 unspecified atom stereocenters. The normalized spacial score (nSPS) is 12.8. The average molecular weight is 494 g/mol. The van der Waals surface area contributed by atoms with E-state index in [1.165, 1.54) is 15.7 Å². The Morgan fingerprint density at radius 3 is 2.31 bits per heavy atom. The Hall–Kier alpha value is -4.41. The van der Waals surface area contributed by atoms with E-state index >= 15 is 0 Å². The summed E-state index contributed by atoms with van der Waals surface area (Å²) in [5, 5.41) is 0. The number of amides is 3. The lowest BCUT2D eigenvalue weighted by Gasteiger charge is -2.24. The van der Waals surface area contributed by atoms with Crippen LogP contribution in [0.1, 0.15) is 59.1 Å². The van der Waals surface area contributed by atoms with Crippen LogP contribution in [0, 0.1) is 0 Å². The Morgan fingerprint density at radius 1 is 1.00 bits per heavy atom. The van der Waals surface area contributed by atoms with Gasteiger partial charge in [-0.1, -0.05) is 25.5 Å². The molecule has 3 aromatic rings. The number of aromatic nitrogens is 2. The molecule has 3 N–H and O–H groups in total. The second-order valence-electron chi connectivity index (χ2n) is 8.47. The molecule has 3 heterocycles. The van der Waals surface area contributed by atoms with Gasteiger partial charge in [0.25, 0.3) is 17.4 Å². The van der Waals surface area contributed by atoms with Gasteiger partial charge < -0.3 is 10.2 Å². The van der Waals surface area contributed by atoms with E-state index in [9.17, 15) is 24.0 Å². The molecule has 11 nitrogen and oxygen atoms in total. The Morgan fingerprint density at radius 2 is 1.69 bits per heavy atom. The lowest BCUT2D eigenvalue weighted by Crippen LogP contribution is -2.41. The van der Waals surface area contributed by atoms with Gasteiger partial charge in [0.2, 0.25) is 5.91 Å². The van der Waals surface area contributed by atoms with E-state index in [1.54, 1.807) is 36.4 Å². The van der Waals surface area contributed by atoms with Crippen molar-refractivity contribution in [3.8, 4) is 0 Å². The first-order valence-electron chi connectivity index (χ1n) is 11.7. The Kier molecular flexibility index (Phi) is 7.18. The summed E-state index contributed by atoms with van der Waals surface area (Å²) in [6.45, 7) is 2.19. The van der Waals surface area contributed by atoms with E-state index < -0.39 is 29.0 Å². The fourth-order valence-corrected chi connectivity index (χ4v) is 4.19. The fraction of sp³-hybridized carbons (Fsp3) is 0.320. The quantitative estimate of drug-likeness (QED) is 0.410. The zero-order chi connectivity index (χ0) is 25.8. The van der Waals surface area contributed by atoms with Crippen molar-refractivity contribution in [2.75, 3.05) is 17.2 Å². The molecule has 0 aliphatic carbocycles. The Labute approximate surface area is 206 Å². The molecular weight excluding hydrogens is 466 g/mol. The topological polar surface area (TPSA) is 152 Å².